The highest BCUT2D eigenvalue weighted by Crippen LogP contribution is 2.02. The first kappa shape index (κ1) is 9.17. The molecule has 10 heavy (non-hydrogen) atoms. The molecule has 0 unspecified atom stereocenters. The summed E-state index contributed by atoms with van der Waals surface area (Å²) in [4.78, 5) is 10.7. The standard InChI is InChI=1S/C7H13NO2/c1-3-4-6(2)7(9)10-5-8/h2-5,8H2,1H3. The Labute approximate surface area is 60.9 Å². The van der Waals surface area contributed by atoms with Crippen molar-refractivity contribution >= 4 is 5.97 Å². The van der Waals surface area contributed by atoms with Crippen LogP contribution in [0.1, 0.15) is 19.8 Å². The van der Waals surface area contributed by atoms with E-state index in [0.717, 1.165) is 6.42 Å². The number of rotatable bonds is 4. The van der Waals surface area contributed by atoms with Crippen molar-refractivity contribution in [3.8, 4) is 0 Å². The second-order valence-corrected chi connectivity index (χ2v) is 1.95. The first-order valence-electron chi connectivity index (χ1n) is 3.27. The van der Waals surface area contributed by atoms with Crippen LogP contribution in [0.4, 0.5) is 0 Å². The highest BCUT2D eigenvalue weighted by atomic mass is 16.5. The summed E-state index contributed by atoms with van der Waals surface area (Å²) in [5, 5.41) is 0. The van der Waals surface area contributed by atoms with Gasteiger partial charge in [0.15, 0.2) is 0 Å². The minimum absolute atomic E-state index is 0.0679. The molecular weight excluding hydrogens is 130 g/mol. The molecule has 0 aromatic carbocycles. The lowest BCUT2D eigenvalue weighted by Crippen LogP contribution is -2.13. The molecule has 0 saturated heterocycles. The highest BCUT2D eigenvalue weighted by Gasteiger charge is 2.04. The van der Waals surface area contributed by atoms with Gasteiger partial charge in [-0.25, -0.2) is 4.79 Å². The third-order valence-corrected chi connectivity index (χ3v) is 1.05. The van der Waals surface area contributed by atoms with Crippen molar-refractivity contribution in [1.82, 2.24) is 0 Å². The first-order valence-corrected chi connectivity index (χ1v) is 3.27. The normalized spacial score (nSPS) is 9.00. The molecule has 58 valence electrons. The Bertz CT molecular complexity index is 116. The second-order valence-electron chi connectivity index (χ2n) is 1.95. The summed E-state index contributed by atoms with van der Waals surface area (Å²) < 4.78 is 4.50. The number of hydrogen-bond acceptors (Lipinski definition) is 3. The van der Waals surface area contributed by atoms with Crippen LogP contribution in [0.3, 0.4) is 0 Å². The molecular formula is C7H13NO2. The molecule has 0 aliphatic carbocycles. The van der Waals surface area contributed by atoms with E-state index >= 15 is 0 Å². The molecule has 0 aliphatic heterocycles. The first-order chi connectivity index (χ1) is 4.72. The minimum atomic E-state index is -0.385. The quantitative estimate of drug-likeness (QED) is 0.360. The van der Waals surface area contributed by atoms with Gasteiger partial charge in [-0.1, -0.05) is 19.9 Å². The van der Waals surface area contributed by atoms with Gasteiger partial charge in [-0.3, -0.25) is 5.73 Å². The van der Waals surface area contributed by atoms with Crippen molar-refractivity contribution in [3.05, 3.63) is 12.2 Å². The largest absolute Gasteiger partial charge is 0.447 e. The molecule has 0 fully saturated rings. The third kappa shape index (κ3) is 3.25. The summed E-state index contributed by atoms with van der Waals surface area (Å²) in [5.41, 5.74) is 5.47. The Morgan fingerprint density at radius 2 is 2.30 bits per heavy atom. The molecule has 0 atom stereocenters. The second kappa shape index (κ2) is 4.99. The van der Waals surface area contributed by atoms with E-state index in [4.69, 9.17) is 5.73 Å². The minimum Gasteiger partial charge on any atom is -0.447 e. The summed E-state index contributed by atoms with van der Waals surface area (Å²) in [5.74, 6) is -0.385. The molecule has 3 nitrogen and oxygen atoms in total. The van der Waals surface area contributed by atoms with Crippen molar-refractivity contribution in [2.75, 3.05) is 6.73 Å². The lowest BCUT2D eigenvalue weighted by atomic mass is 10.2. The van der Waals surface area contributed by atoms with Gasteiger partial charge in [-0.15, -0.1) is 0 Å². The summed E-state index contributed by atoms with van der Waals surface area (Å²) in [6.45, 7) is 5.44. The Kier molecular flexibility index (Phi) is 4.58. The number of esters is 1. The van der Waals surface area contributed by atoms with E-state index in [2.05, 4.69) is 11.3 Å². The number of nitrogens with two attached hydrogens (primary N) is 1. The zero-order valence-electron chi connectivity index (χ0n) is 6.22. The van der Waals surface area contributed by atoms with Gasteiger partial charge in [0.2, 0.25) is 0 Å². The van der Waals surface area contributed by atoms with Crippen LogP contribution in [0.15, 0.2) is 12.2 Å². The predicted molar refractivity (Wildman–Crippen MR) is 39.2 cm³/mol. The number of carbonyl (C=O) groups is 1. The van der Waals surface area contributed by atoms with Gasteiger partial charge in [0, 0.05) is 5.57 Å². The average molecular weight is 143 g/mol. The average Bonchev–Trinajstić information content (AvgIpc) is 1.89. The smallest absolute Gasteiger partial charge is 0.334 e. The van der Waals surface area contributed by atoms with E-state index in [9.17, 15) is 4.79 Å². The Balaban J connectivity index is 3.60. The van der Waals surface area contributed by atoms with E-state index in [-0.39, 0.29) is 12.7 Å². The summed E-state index contributed by atoms with van der Waals surface area (Å²) >= 11 is 0. The zero-order valence-corrected chi connectivity index (χ0v) is 6.22. The number of carbonyl (C=O) groups excluding carboxylic acids is 1. The fourth-order valence-electron chi connectivity index (χ4n) is 0.582. The van der Waals surface area contributed by atoms with Gasteiger partial charge in [0.05, 0.1) is 0 Å². The Morgan fingerprint density at radius 1 is 1.70 bits per heavy atom. The molecule has 0 rings (SSSR count). The fraction of sp³-hybridized carbons (Fsp3) is 0.571. The topological polar surface area (TPSA) is 52.3 Å². The lowest BCUT2D eigenvalue weighted by Gasteiger charge is -2.01. The van der Waals surface area contributed by atoms with Gasteiger partial charge >= 0.3 is 5.97 Å². The molecule has 0 radical (unpaired) electrons. The Hall–Kier alpha value is -0.830. The third-order valence-electron chi connectivity index (χ3n) is 1.05. The van der Waals surface area contributed by atoms with Crippen LogP contribution in [-0.4, -0.2) is 12.7 Å². The van der Waals surface area contributed by atoms with E-state index in [1.165, 1.54) is 0 Å². The maximum atomic E-state index is 10.7. The number of hydrogen-bond donors (Lipinski definition) is 1. The van der Waals surface area contributed by atoms with Crippen molar-refractivity contribution in [2.45, 2.75) is 19.8 Å². The van der Waals surface area contributed by atoms with Crippen LogP contribution < -0.4 is 5.73 Å². The lowest BCUT2D eigenvalue weighted by molar-refractivity contribution is -0.138. The van der Waals surface area contributed by atoms with Gasteiger partial charge in [-0.2, -0.15) is 0 Å². The monoisotopic (exact) mass is 143 g/mol. The molecule has 0 heterocycles. The predicted octanol–water partition coefficient (Wildman–Crippen LogP) is 0.802. The van der Waals surface area contributed by atoms with Crippen LogP contribution in [0.2, 0.25) is 0 Å². The Morgan fingerprint density at radius 3 is 2.70 bits per heavy atom. The van der Waals surface area contributed by atoms with Crippen LogP contribution in [0.25, 0.3) is 0 Å². The van der Waals surface area contributed by atoms with Crippen molar-refractivity contribution in [1.29, 1.82) is 0 Å². The summed E-state index contributed by atoms with van der Waals surface area (Å²) in [6.07, 6.45) is 1.58. The molecule has 0 aromatic rings. The SMILES string of the molecule is C=C(CCC)C(=O)OCN. The summed E-state index contributed by atoms with van der Waals surface area (Å²) in [6, 6.07) is 0. The number of ether oxygens (including phenoxy) is 1. The molecule has 0 saturated carbocycles. The molecule has 0 bridgehead atoms. The molecule has 0 spiro atoms. The maximum absolute atomic E-state index is 10.7. The van der Waals surface area contributed by atoms with Gasteiger partial charge in [-0.05, 0) is 6.42 Å². The van der Waals surface area contributed by atoms with Crippen molar-refractivity contribution in [2.24, 2.45) is 5.73 Å². The molecule has 0 amide bonds. The highest BCUT2D eigenvalue weighted by molar-refractivity contribution is 5.87. The van der Waals surface area contributed by atoms with Crippen molar-refractivity contribution in [3.63, 3.8) is 0 Å². The van der Waals surface area contributed by atoms with E-state index in [1.807, 2.05) is 6.92 Å². The maximum Gasteiger partial charge on any atom is 0.334 e. The van der Waals surface area contributed by atoms with E-state index in [1.54, 1.807) is 0 Å². The van der Waals surface area contributed by atoms with E-state index < -0.39 is 0 Å². The van der Waals surface area contributed by atoms with E-state index in [0.29, 0.717) is 12.0 Å². The fourth-order valence-corrected chi connectivity index (χ4v) is 0.582. The van der Waals surface area contributed by atoms with Crippen LogP contribution in [0.5, 0.6) is 0 Å². The van der Waals surface area contributed by atoms with Gasteiger partial charge in [0.1, 0.15) is 6.73 Å². The molecule has 0 aliphatic rings. The van der Waals surface area contributed by atoms with Crippen LogP contribution >= 0.6 is 0 Å². The van der Waals surface area contributed by atoms with Crippen LogP contribution in [-0.2, 0) is 9.53 Å². The summed E-state index contributed by atoms with van der Waals surface area (Å²) in [7, 11) is 0. The van der Waals surface area contributed by atoms with Gasteiger partial charge in [0.25, 0.3) is 0 Å². The van der Waals surface area contributed by atoms with Crippen LogP contribution in [0, 0.1) is 0 Å². The van der Waals surface area contributed by atoms with Gasteiger partial charge < -0.3 is 4.74 Å². The molecule has 2 N–H and O–H groups in total. The molecule has 0 aromatic heterocycles. The zero-order chi connectivity index (χ0) is 7.98. The molecule has 3 heteroatoms. The van der Waals surface area contributed by atoms with Crippen molar-refractivity contribution < 1.29 is 9.53 Å².